The Hall–Kier alpha value is -2.57. The molecular weight excluding hydrogens is 272 g/mol. The first-order valence-electron chi connectivity index (χ1n) is 6.84. The minimum Gasteiger partial charge on any atom is -0.459 e. The van der Waals surface area contributed by atoms with Gasteiger partial charge in [-0.25, -0.2) is 0 Å². The van der Waals surface area contributed by atoms with Gasteiger partial charge in [-0.2, -0.15) is 5.10 Å². The summed E-state index contributed by atoms with van der Waals surface area (Å²) >= 11 is 0. The van der Waals surface area contributed by atoms with Crippen LogP contribution in [0.3, 0.4) is 0 Å². The molecule has 0 saturated carbocycles. The Kier molecular flexibility index (Phi) is 5.14. The second-order valence-corrected chi connectivity index (χ2v) is 4.51. The number of carbonyl (C=O) groups excluding carboxylic acids is 2. The van der Waals surface area contributed by atoms with Crippen molar-refractivity contribution >= 4 is 17.6 Å². The quantitative estimate of drug-likeness (QED) is 0.676. The van der Waals surface area contributed by atoms with Crippen LogP contribution in [0.2, 0.25) is 0 Å². The molecule has 0 aromatic carbocycles. The van der Waals surface area contributed by atoms with Crippen LogP contribution in [0, 0.1) is 0 Å². The topological polar surface area (TPSA) is 100 Å². The zero-order valence-electron chi connectivity index (χ0n) is 11.8. The van der Waals surface area contributed by atoms with Crippen LogP contribution >= 0.6 is 0 Å². The molecule has 3 N–H and O–H groups in total. The van der Waals surface area contributed by atoms with E-state index in [0.717, 1.165) is 12.0 Å². The van der Waals surface area contributed by atoms with Gasteiger partial charge in [0.1, 0.15) is 5.82 Å². The minimum absolute atomic E-state index is 0.110. The Morgan fingerprint density at radius 1 is 1.43 bits per heavy atom. The molecule has 0 aliphatic carbocycles. The lowest BCUT2D eigenvalue weighted by Gasteiger charge is -2.05. The zero-order chi connectivity index (χ0) is 15.1. The average molecular weight is 290 g/mol. The Morgan fingerprint density at radius 3 is 3.00 bits per heavy atom. The highest BCUT2D eigenvalue weighted by Crippen LogP contribution is 2.11. The number of rotatable bonds is 7. The number of hydrogen-bond acceptors (Lipinski definition) is 4. The standard InChI is InChI=1S/C14H18N4O3/c1-2-10-9-16-18-13(10)17-12(19)6-3-7-15-14(20)11-5-4-8-21-11/h4-5,8-9H,2-3,6-7H2,1H3,(H,15,20)(H2,16,17,18,19). The predicted molar refractivity (Wildman–Crippen MR) is 76.9 cm³/mol. The van der Waals surface area contributed by atoms with Crippen LogP contribution < -0.4 is 10.6 Å². The third-order valence-electron chi connectivity index (χ3n) is 2.97. The van der Waals surface area contributed by atoms with Crippen molar-refractivity contribution in [3.8, 4) is 0 Å². The summed E-state index contributed by atoms with van der Waals surface area (Å²) in [6, 6.07) is 3.24. The van der Waals surface area contributed by atoms with Crippen molar-refractivity contribution in [1.29, 1.82) is 0 Å². The maximum Gasteiger partial charge on any atom is 0.286 e. The predicted octanol–water partition coefficient (Wildman–Crippen LogP) is 1.71. The lowest BCUT2D eigenvalue weighted by Crippen LogP contribution is -2.25. The van der Waals surface area contributed by atoms with E-state index in [4.69, 9.17) is 4.42 Å². The van der Waals surface area contributed by atoms with Gasteiger partial charge in [0.05, 0.1) is 12.5 Å². The lowest BCUT2D eigenvalue weighted by atomic mass is 10.2. The number of carbonyl (C=O) groups is 2. The Labute approximate surface area is 122 Å². The highest BCUT2D eigenvalue weighted by molar-refractivity contribution is 5.92. The molecule has 0 aliphatic rings. The molecule has 0 saturated heterocycles. The van der Waals surface area contributed by atoms with Crippen LogP contribution in [0.4, 0.5) is 5.82 Å². The fraction of sp³-hybridized carbons (Fsp3) is 0.357. The van der Waals surface area contributed by atoms with Crippen LogP contribution in [0.1, 0.15) is 35.9 Å². The van der Waals surface area contributed by atoms with Gasteiger partial charge >= 0.3 is 0 Å². The van der Waals surface area contributed by atoms with E-state index < -0.39 is 0 Å². The molecule has 0 unspecified atom stereocenters. The summed E-state index contributed by atoms with van der Waals surface area (Å²) in [5.41, 5.74) is 0.967. The van der Waals surface area contributed by atoms with Gasteiger partial charge in [-0.3, -0.25) is 14.7 Å². The summed E-state index contributed by atoms with van der Waals surface area (Å²) in [5.74, 6) is 0.523. The third-order valence-corrected chi connectivity index (χ3v) is 2.97. The number of furan rings is 1. The van der Waals surface area contributed by atoms with Crippen molar-refractivity contribution in [1.82, 2.24) is 15.5 Å². The normalized spacial score (nSPS) is 10.3. The lowest BCUT2D eigenvalue weighted by molar-refractivity contribution is -0.116. The SMILES string of the molecule is CCc1cn[nH]c1NC(=O)CCCNC(=O)c1ccco1. The number of H-pyrrole nitrogens is 1. The number of amides is 2. The fourth-order valence-electron chi connectivity index (χ4n) is 1.84. The molecule has 2 aromatic heterocycles. The molecule has 0 fully saturated rings. The molecule has 2 heterocycles. The van der Waals surface area contributed by atoms with Gasteiger partial charge in [0.2, 0.25) is 5.91 Å². The molecule has 7 nitrogen and oxygen atoms in total. The van der Waals surface area contributed by atoms with Gasteiger partial charge in [-0.05, 0) is 25.0 Å². The Morgan fingerprint density at radius 2 is 2.29 bits per heavy atom. The van der Waals surface area contributed by atoms with Crippen molar-refractivity contribution in [2.45, 2.75) is 26.2 Å². The molecular formula is C14H18N4O3. The van der Waals surface area contributed by atoms with Crippen LogP contribution in [0.5, 0.6) is 0 Å². The molecule has 2 amide bonds. The van der Waals surface area contributed by atoms with Gasteiger partial charge in [0.25, 0.3) is 5.91 Å². The van der Waals surface area contributed by atoms with Crippen molar-refractivity contribution < 1.29 is 14.0 Å². The van der Waals surface area contributed by atoms with Crippen LogP contribution in [-0.2, 0) is 11.2 Å². The van der Waals surface area contributed by atoms with E-state index in [1.807, 2.05) is 6.92 Å². The highest BCUT2D eigenvalue weighted by Gasteiger charge is 2.09. The largest absolute Gasteiger partial charge is 0.459 e. The number of hydrogen-bond donors (Lipinski definition) is 3. The molecule has 0 radical (unpaired) electrons. The van der Waals surface area contributed by atoms with Crippen molar-refractivity contribution in [2.24, 2.45) is 0 Å². The van der Waals surface area contributed by atoms with E-state index in [1.165, 1.54) is 6.26 Å². The van der Waals surface area contributed by atoms with E-state index in [0.29, 0.717) is 25.2 Å². The molecule has 2 rings (SSSR count). The third kappa shape index (κ3) is 4.20. The maximum atomic E-state index is 11.8. The van der Waals surface area contributed by atoms with Crippen molar-refractivity contribution in [3.05, 3.63) is 35.9 Å². The van der Waals surface area contributed by atoms with Crippen LogP contribution in [0.25, 0.3) is 0 Å². The summed E-state index contributed by atoms with van der Waals surface area (Å²) in [6.45, 7) is 2.40. The van der Waals surface area contributed by atoms with E-state index in [9.17, 15) is 9.59 Å². The number of aromatic nitrogens is 2. The zero-order valence-corrected chi connectivity index (χ0v) is 11.8. The van der Waals surface area contributed by atoms with Gasteiger partial charge in [0, 0.05) is 18.5 Å². The van der Waals surface area contributed by atoms with E-state index in [1.54, 1.807) is 18.3 Å². The number of aromatic amines is 1. The first-order valence-corrected chi connectivity index (χ1v) is 6.84. The molecule has 112 valence electrons. The molecule has 21 heavy (non-hydrogen) atoms. The van der Waals surface area contributed by atoms with E-state index >= 15 is 0 Å². The smallest absolute Gasteiger partial charge is 0.286 e. The molecule has 0 spiro atoms. The fourth-order valence-corrected chi connectivity index (χ4v) is 1.84. The van der Waals surface area contributed by atoms with Gasteiger partial charge < -0.3 is 15.1 Å². The van der Waals surface area contributed by atoms with Gasteiger partial charge in [0.15, 0.2) is 5.76 Å². The summed E-state index contributed by atoms with van der Waals surface area (Å²) < 4.78 is 4.97. The van der Waals surface area contributed by atoms with Crippen LogP contribution in [0.15, 0.2) is 29.0 Å². The molecule has 0 aliphatic heterocycles. The summed E-state index contributed by atoms with van der Waals surface area (Å²) in [4.78, 5) is 23.3. The summed E-state index contributed by atoms with van der Waals surface area (Å²) in [6.07, 6.45) is 4.80. The van der Waals surface area contributed by atoms with E-state index in [2.05, 4.69) is 20.8 Å². The van der Waals surface area contributed by atoms with Crippen LogP contribution in [-0.4, -0.2) is 28.6 Å². The number of nitrogens with zero attached hydrogens (tertiary/aromatic N) is 1. The Balaban J connectivity index is 1.67. The van der Waals surface area contributed by atoms with Gasteiger partial charge in [-0.15, -0.1) is 0 Å². The first-order chi connectivity index (χ1) is 10.2. The average Bonchev–Trinajstić information content (AvgIpc) is 3.14. The summed E-state index contributed by atoms with van der Waals surface area (Å²) in [5, 5.41) is 12.1. The van der Waals surface area contributed by atoms with Gasteiger partial charge in [-0.1, -0.05) is 6.92 Å². The molecule has 7 heteroatoms. The number of aryl methyl sites for hydroxylation is 1. The van der Waals surface area contributed by atoms with E-state index in [-0.39, 0.29) is 17.6 Å². The minimum atomic E-state index is -0.276. The highest BCUT2D eigenvalue weighted by atomic mass is 16.3. The maximum absolute atomic E-state index is 11.8. The van der Waals surface area contributed by atoms with Crippen molar-refractivity contribution in [2.75, 3.05) is 11.9 Å². The second-order valence-electron chi connectivity index (χ2n) is 4.51. The second kappa shape index (κ2) is 7.28. The van der Waals surface area contributed by atoms with Crippen molar-refractivity contribution in [3.63, 3.8) is 0 Å². The first kappa shape index (κ1) is 14.8. The Bertz CT molecular complexity index is 589. The molecule has 2 aromatic rings. The number of anilines is 1. The summed E-state index contributed by atoms with van der Waals surface area (Å²) in [7, 11) is 0. The number of nitrogens with one attached hydrogen (secondary N) is 3. The molecule has 0 atom stereocenters. The molecule has 0 bridgehead atoms. The monoisotopic (exact) mass is 290 g/mol.